The average Bonchev–Trinajstić information content (AvgIpc) is 2.38. The molecule has 1 N–H and O–H groups in total. The number of azide groups is 1. The lowest BCUT2D eigenvalue weighted by molar-refractivity contribution is 0.102. The Kier molecular flexibility index (Phi) is 4.03. The van der Waals surface area contributed by atoms with Crippen molar-refractivity contribution >= 4 is 17.3 Å². The number of carbonyl (C=O) groups excluding carboxylic acids is 1. The normalized spacial score (nSPS) is 9.70. The van der Waals surface area contributed by atoms with Gasteiger partial charge < -0.3 is 5.32 Å². The van der Waals surface area contributed by atoms with Gasteiger partial charge in [-0.3, -0.25) is 4.79 Å². The molecule has 100 valence electrons. The van der Waals surface area contributed by atoms with Crippen LogP contribution in [0.5, 0.6) is 0 Å². The summed E-state index contributed by atoms with van der Waals surface area (Å²) in [6.45, 7) is 3.97. The standard InChI is InChI=1S/C15H14N4O/c1-10-7-11(2)9-14(8-10)17-15(20)12-3-5-13(6-4-12)18-19-16/h3-9H,1-2H3,(H,17,20). The van der Waals surface area contributed by atoms with Gasteiger partial charge in [-0.15, -0.1) is 0 Å². The van der Waals surface area contributed by atoms with Gasteiger partial charge in [0.15, 0.2) is 0 Å². The van der Waals surface area contributed by atoms with Crippen LogP contribution in [-0.4, -0.2) is 5.91 Å². The fourth-order valence-corrected chi connectivity index (χ4v) is 1.98. The average molecular weight is 266 g/mol. The van der Waals surface area contributed by atoms with Crippen molar-refractivity contribution in [3.05, 3.63) is 69.6 Å². The number of hydrogen-bond acceptors (Lipinski definition) is 2. The van der Waals surface area contributed by atoms with Crippen LogP contribution in [0.2, 0.25) is 0 Å². The molecule has 0 radical (unpaired) electrons. The quantitative estimate of drug-likeness (QED) is 0.495. The highest BCUT2D eigenvalue weighted by Gasteiger charge is 2.06. The monoisotopic (exact) mass is 266 g/mol. The van der Waals surface area contributed by atoms with E-state index in [0.29, 0.717) is 11.3 Å². The molecule has 20 heavy (non-hydrogen) atoms. The summed E-state index contributed by atoms with van der Waals surface area (Å²) in [6, 6.07) is 12.3. The summed E-state index contributed by atoms with van der Waals surface area (Å²) in [5, 5.41) is 6.31. The molecule has 5 nitrogen and oxygen atoms in total. The molecule has 0 heterocycles. The van der Waals surface area contributed by atoms with E-state index in [4.69, 9.17) is 5.53 Å². The number of nitrogens with zero attached hydrogens (tertiary/aromatic N) is 3. The number of rotatable bonds is 3. The van der Waals surface area contributed by atoms with Crippen molar-refractivity contribution in [2.75, 3.05) is 5.32 Å². The molecule has 0 unspecified atom stereocenters. The highest BCUT2D eigenvalue weighted by Crippen LogP contribution is 2.17. The molecule has 0 fully saturated rings. The summed E-state index contributed by atoms with van der Waals surface area (Å²) in [5.74, 6) is -0.192. The zero-order chi connectivity index (χ0) is 14.5. The molecule has 2 aromatic carbocycles. The number of carbonyl (C=O) groups is 1. The number of amides is 1. The lowest BCUT2D eigenvalue weighted by Crippen LogP contribution is -2.11. The van der Waals surface area contributed by atoms with E-state index in [1.807, 2.05) is 32.0 Å². The second-order valence-corrected chi connectivity index (χ2v) is 4.57. The van der Waals surface area contributed by atoms with Crippen molar-refractivity contribution in [1.82, 2.24) is 0 Å². The number of benzene rings is 2. The summed E-state index contributed by atoms with van der Waals surface area (Å²) >= 11 is 0. The Morgan fingerprint density at radius 2 is 1.70 bits per heavy atom. The fraction of sp³-hybridized carbons (Fsp3) is 0.133. The number of nitrogens with one attached hydrogen (secondary N) is 1. The van der Waals surface area contributed by atoms with E-state index in [1.165, 1.54) is 0 Å². The Labute approximate surface area is 116 Å². The third-order valence-corrected chi connectivity index (χ3v) is 2.77. The molecule has 0 saturated heterocycles. The predicted molar refractivity (Wildman–Crippen MR) is 79.1 cm³/mol. The molecule has 2 aromatic rings. The molecule has 0 aliphatic heterocycles. The molecule has 0 aliphatic carbocycles. The van der Waals surface area contributed by atoms with Crippen LogP contribution in [0.15, 0.2) is 47.6 Å². The van der Waals surface area contributed by atoms with Crippen LogP contribution in [0.4, 0.5) is 11.4 Å². The fourth-order valence-electron chi connectivity index (χ4n) is 1.98. The predicted octanol–water partition coefficient (Wildman–Crippen LogP) is 4.50. The first-order valence-corrected chi connectivity index (χ1v) is 6.13. The molecule has 5 heteroatoms. The minimum absolute atomic E-state index is 0.192. The molecule has 0 saturated carbocycles. The van der Waals surface area contributed by atoms with Gasteiger partial charge in [-0.2, -0.15) is 0 Å². The van der Waals surface area contributed by atoms with Crippen molar-refractivity contribution in [2.24, 2.45) is 5.11 Å². The first kappa shape index (κ1) is 13.6. The molecule has 0 aliphatic rings. The summed E-state index contributed by atoms with van der Waals surface area (Å²) in [4.78, 5) is 14.8. The third-order valence-electron chi connectivity index (χ3n) is 2.77. The number of hydrogen-bond donors (Lipinski definition) is 1. The summed E-state index contributed by atoms with van der Waals surface area (Å²) in [7, 11) is 0. The van der Waals surface area contributed by atoms with Crippen LogP contribution in [-0.2, 0) is 0 Å². The Morgan fingerprint density at radius 1 is 1.10 bits per heavy atom. The van der Waals surface area contributed by atoms with E-state index in [0.717, 1.165) is 16.8 Å². The Balaban J connectivity index is 2.17. The lowest BCUT2D eigenvalue weighted by Gasteiger charge is -2.07. The maximum atomic E-state index is 12.1. The van der Waals surface area contributed by atoms with Gasteiger partial charge >= 0.3 is 0 Å². The molecule has 0 atom stereocenters. The van der Waals surface area contributed by atoms with E-state index in [1.54, 1.807) is 24.3 Å². The van der Waals surface area contributed by atoms with Crippen LogP contribution in [0.25, 0.3) is 10.4 Å². The van der Waals surface area contributed by atoms with Crippen LogP contribution >= 0.6 is 0 Å². The second-order valence-electron chi connectivity index (χ2n) is 4.57. The molecule has 0 bridgehead atoms. The molecular weight excluding hydrogens is 252 g/mol. The maximum absolute atomic E-state index is 12.1. The van der Waals surface area contributed by atoms with Gasteiger partial charge in [-0.1, -0.05) is 23.3 Å². The minimum atomic E-state index is -0.192. The first-order chi connectivity index (χ1) is 9.58. The van der Waals surface area contributed by atoms with Crippen LogP contribution in [0, 0.1) is 13.8 Å². The van der Waals surface area contributed by atoms with Crippen molar-refractivity contribution in [3.63, 3.8) is 0 Å². The minimum Gasteiger partial charge on any atom is -0.322 e. The highest BCUT2D eigenvalue weighted by atomic mass is 16.1. The molecule has 2 rings (SSSR count). The van der Waals surface area contributed by atoms with E-state index in [2.05, 4.69) is 15.3 Å². The molecular formula is C15H14N4O. The number of aryl methyl sites for hydroxylation is 2. The Morgan fingerprint density at radius 3 is 2.25 bits per heavy atom. The van der Waals surface area contributed by atoms with Crippen LogP contribution < -0.4 is 5.32 Å². The van der Waals surface area contributed by atoms with Crippen molar-refractivity contribution in [2.45, 2.75) is 13.8 Å². The SMILES string of the molecule is Cc1cc(C)cc(NC(=O)c2ccc(N=[N+]=[N-])cc2)c1. The maximum Gasteiger partial charge on any atom is 0.255 e. The van der Waals surface area contributed by atoms with Gasteiger partial charge in [0.25, 0.3) is 5.91 Å². The van der Waals surface area contributed by atoms with Crippen molar-refractivity contribution < 1.29 is 4.79 Å². The van der Waals surface area contributed by atoms with Gasteiger partial charge in [0.1, 0.15) is 0 Å². The third kappa shape index (κ3) is 3.37. The Hall–Kier alpha value is -2.78. The van der Waals surface area contributed by atoms with Gasteiger partial charge in [0, 0.05) is 21.8 Å². The van der Waals surface area contributed by atoms with Crippen molar-refractivity contribution in [1.29, 1.82) is 0 Å². The smallest absolute Gasteiger partial charge is 0.255 e. The van der Waals surface area contributed by atoms with Crippen LogP contribution in [0.3, 0.4) is 0 Å². The second kappa shape index (κ2) is 5.91. The Bertz CT molecular complexity index is 665. The molecule has 0 aromatic heterocycles. The zero-order valence-corrected chi connectivity index (χ0v) is 11.3. The van der Waals surface area contributed by atoms with E-state index in [9.17, 15) is 4.79 Å². The number of anilines is 1. The van der Waals surface area contributed by atoms with Gasteiger partial charge in [0.05, 0.1) is 0 Å². The largest absolute Gasteiger partial charge is 0.322 e. The first-order valence-electron chi connectivity index (χ1n) is 6.13. The summed E-state index contributed by atoms with van der Waals surface area (Å²) in [6.07, 6.45) is 0. The summed E-state index contributed by atoms with van der Waals surface area (Å²) < 4.78 is 0. The molecule has 1 amide bonds. The topological polar surface area (TPSA) is 77.9 Å². The van der Waals surface area contributed by atoms with Crippen LogP contribution in [0.1, 0.15) is 21.5 Å². The van der Waals surface area contributed by atoms with Gasteiger partial charge in [-0.25, -0.2) is 0 Å². The van der Waals surface area contributed by atoms with E-state index < -0.39 is 0 Å². The van der Waals surface area contributed by atoms with Crippen molar-refractivity contribution in [3.8, 4) is 0 Å². The van der Waals surface area contributed by atoms with Gasteiger partial charge in [0.2, 0.25) is 0 Å². The summed E-state index contributed by atoms with van der Waals surface area (Å²) in [5.41, 5.74) is 12.3. The lowest BCUT2D eigenvalue weighted by atomic mass is 10.1. The molecule has 0 spiro atoms. The van der Waals surface area contributed by atoms with E-state index >= 15 is 0 Å². The van der Waals surface area contributed by atoms with Gasteiger partial charge in [-0.05, 0) is 54.8 Å². The van der Waals surface area contributed by atoms with E-state index in [-0.39, 0.29) is 5.91 Å². The highest BCUT2D eigenvalue weighted by molar-refractivity contribution is 6.04. The zero-order valence-electron chi connectivity index (χ0n) is 11.3.